The lowest BCUT2D eigenvalue weighted by atomic mass is 10.0. The second-order valence-electron chi connectivity index (χ2n) is 3.78. The predicted molar refractivity (Wildman–Crippen MR) is 59.2 cm³/mol. The summed E-state index contributed by atoms with van der Waals surface area (Å²) in [4.78, 5) is 11.7. The van der Waals surface area contributed by atoms with E-state index >= 15 is 0 Å². The van der Waals surface area contributed by atoms with Gasteiger partial charge in [0.15, 0.2) is 0 Å². The second-order valence-corrected chi connectivity index (χ2v) is 5.24. The molecule has 0 saturated carbocycles. The summed E-state index contributed by atoms with van der Waals surface area (Å²) in [5, 5.41) is 8.40. The highest BCUT2D eigenvalue weighted by Gasteiger charge is 2.33. The van der Waals surface area contributed by atoms with Crippen LogP contribution in [0.2, 0.25) is 0 Å². The smallest absolute Gasteiger partial charge is 0.303 e. The summed E-state index contributed by atoms with van der Waals surface area (Å²) in [6.07, 6.45) is -0.620. The highest BCUT2D eigenvalue weighted by atomic mass is 32.1. The molecular weight excluding hydrogens is 234 g/mol. The van der Waals surface area contributed by atoms with Gasteiger partial charge in [0.25, 0.3) is 5.92 Å². The van der Waals surface area contributed by atoms with E-state index < -0.39 is 18.3 Å². The van der Waals surface area contributed by atoms with Gasteiger partial charge in [-0.3, -0.25) is 4.79 Å². The summed E-state index contributed by atoms with van der Waals surface area (Å²) < 4.78 is 27.4. The van der Waals surface area contributed by atoms with Crippen LogP contribution in [-0.4, -0.2) is 11.1 Å². The van der Waals surface area contributed by atoms with Gasteiger partial charge < -0.3 is 5.11 Å². The van der Waals surface area contributed by atoms with Gasteiger partial charge in [-0.1, -0.05) is 0 Å². The molecule has 16 heavy (non-hydrogen) atoms. The van der Waals surface area contributed by atoms with Gasteiger partial charge in [-0.05, 0) is 26.3 Å². The third-order valence-corrected chi connectivity index (χ3v) is 3.28. The van der Waals surface area contributed by atoms with Crippen LogP contribution in [0.1, 0.15) is 34.6 Å². The molecule has 0 unspecified atom stereocenters. The second kappa shape index (κ2) is 4.91. The molecule has 1 N–H and O–H groups in total. The standard InChI is InChI=1S/C11H14F2O2S/c1-7-6-9(8(2)16-7)11(12,13)5-3-4-10(14)15/h6H,3-5H2,1-2H3,(H,14,15). The molecule has 0 aliphatic carbocycles. The van der Waals surface area contributed by atoms with Crippen LogP contribution in [0.25, 0.3) is 0 Å². The van der Waals surface area contributed by atoms with Crippen LogP contribution >= 0.6 is 11.3 Å². The maximum Gasteiger partial charge on any atom is 0.303 e. The van der Waals surface area contributed by atoms with Gasteiger partial charge in [0, 0.05) is 28.2 Å². The average Bonchev–Trinajstić information content (AvgIpc) is 2.44. The van der Waals surface area contributed by atoms with E-state index in [9.17, 15) is 13.6 Å². The molecule has 1 heterocycles. The Hall–Kier alpha value is -0.970. The number of aryl methyl sites for hydroxylation is 2. The number of carboxylic acid groups (broad SMARTS) is 1. The maximum atomic E-state index is 13.7. The first-order valence-corrected chi connectivity index (χ1v) is 5.81. The number of halogens is 2. The average molecular weight is 248 g/mol. The zero-order valence-corrected chi connectivity index (χ0v) is 10.0. The number of carbonyl (C=O) groups is 1. The van der Waals surface area contributed by atoms with Crippen LogP contribution in [0, 0.1) is 13.8 Å². The molecule has 0 aliphatic heterocycles. The zero-order chi connectivity index (χ0) is 12.3. The van der Waals surface area contributed by atoms with Gasteiger partial charge in [0.2, 0.25) is 0 Å². The Morgan fingerprint density at radius 3 is 2.56 bits per heavy atom. The third kappa shape index (κ3) is 3.27. The lowest BCUT2D eigenvalue weighted by molar-refractivity contribution is -0.137. The molecule has 0 bridgehead atoms. The Balaban J connectivity index is 2.69. The van der Waals surface area contributed by atoms with Gasteiger partial charge in [-0.15, -0.1) is 11.3 Å². The van der Waals surface area contributed by atoms with Crippen LogP contribution in [0.3, 0.4) is 0 Å². The summed E-state index contributed by atoms with van der Waals surface area (Å²) >= 11 is 1.34. The number of thiophene rings is 1. The highest BCUT2D eigenvalue weighted by molar-refractivity contribution is 7.12. The fraction of sp³-hybridized carbons (Fsp3) is 0.545. The quantitative estimate of drug-likeness (QED) is 0.862. The molecule has 0 saturated heterocycles. The zero-order valence-electron chi connectivity index (χ0n) is 9.22. The number of alkyl halides is 2. The van der Waals surface area contributed by atoms with Gasteiger partial charge in [0.05, 0.1) is 0 Å². The SMILES string of the molecule is Cc1cc(C(F)(F)CCCC(=O)O)c(C)s1. The van der Waals surface area contributed by atoms with E-state index in [1.54, 1.807) is 13.8 Å². The molecule has 0 fully saturated rings. The number of hydrogen-bond donors (Lipinski definition) is 1. The van der Waals surface area contributed by atoms with Crippen molar-refractivity contribution in [2.75, 3.05) is 0 Å². The topological polar surface area (TPSA) is 37.3 Å². The van der Waals surface area contributed by atoms with E-state index in [2.05, 4.69) is 0 Å². The van der Waals surface area contributed by atoms with E-state index in [1.165, 1.54) is 17.4 Å². The van der Waals surface area contributed by atoms with Crippen molar-refractivity contribution in [1.29, 1.82) is 0 Å². The van der Waals surface area contributed by atoms with Crippen molar-refractivity contribution in [3.63, 3.8) is 0 Å². The largest absolute Gasteiger partial charge is 0.481 e. The van der Waals surface area contributed by atoms with Crippen LogP contribution < -0.4 is 0 Å². The first-order chi connectivity index (χ1) is 7.33. The molecule has 2 nitrogen and oxygen atoms in total. The third-order valence-electron chi connectivity index (χ3n) is 2.32. The van der Waals surface area contributed by atoms with Crippen molar-refractivity contribution < 1.29 is 18.7 Å². The number of rotatable bonds is 5. The molecule has 1 aromatic rings. The molecule has 0 amide bonds. The molecule has 0 aromatic carbocycles. The molecule has 1 aromatic heterocycles. The minimum Gasteiger partial charge on any atom is -0.481 e. The Bertz CT molecular complexity index is 385. The van der Waals surface area contributed by atoms with Crippen molar-refractivity contribution in [3.8, 4) is 0 Å². The first kappa shape index (κ1) is 13.1. The van der Waals surface area contributed by atoms with E-state index in [1.807, 2.05) is 0 Å². The molecule has 1 rings (SSSR count). The normalized spacial score (nSPS) is 11.8. The minimum absolute atomic E-state index is 0.00331. The van der Waals surface area contributed by atoms with Crippen LogP contribution in [0.4, 0.5) is 8.78 Å². The van der Waals surface area contributed by atoms with Crippen molar-refractivity contribution in [2.24, 2.45) is 0 Å². The van der Waals surface area contributed by atoms with E-state index in [4.69, 9.17) is 5.11 Å². The van der Waals surface area contributed by atoms with Gasteiger partial charge >= 0.3 is 5.97 Å². The Morgan fingerprint density at radius 1 is 1.50 bits per heavy atom. The monoisotopic (exact) mass is 248 g/mol. The summed E-state index contributed by atoms with van der Waals surface area (Å²) in [5.41, 5.74) is 0.0420. The van der Waals surface area contributed by atoms with Crippen LogP contribution in [-0.2, 0) is 10.7 Å². The Morgan fingerprint density at radius 2 is 2.12 bits per heavy atom. The predicted octanol–water partition coefficient (Wildman–Crippen LogP) is 3.71. The van der Waals surface area contributed by atoms with E-state index in [0.717, 1.165) is 4.88 Å². The van der Waals surface area contributed by atoms with Crippen molar-refractivity contribution in [1.82, 2.24) is 0 Å². The lowest BCUT2D eigenvalue weighted by Gasteiger charge is -2.15. The summed E-state index contributed by atoms with van der Waals surface area (Å²) in [7, 11) is 0. The minimum atomic E-state index is -2.91. The fourth-order valence-electron chi connectivity index (χ4n) is 1.59. The molecule has 0 radical (unpaired) electrons. The fourth-order valence-corrected chi connectivity index (χ4v) is 2.57. The highest BCUT2D eigenvalue weighted by Crippen LogP contribution is 2.38. The molecule has 90 valence electrons. The lowest BCUT2D eigenvalue weighted by Crippen LogP contribution is -2.14. The first-order valence-electron chi connectivity index (χ1n) is 5.00. The molecule has 0 atom stereocenters. The number of aliphatic carboxylic acids is 1. The molecular formula is C11H14F2O2S. The van der Waals surface area contributed by atoms with Crippen molar-refractivity contribution in [2.45, 2.75) is 39.0 Å². The van der Waals surface area contributed by atoms with Crippen molar-refractivity contribution >= 4 is 17.3 Å². The van der Waals surface area contributed by atoms with Gasteiger partial charge in [-0.2, -0.15) is 0 Å². The Kier molecular flexibility index (Phi) is 4.02. The van der Waals surface area contributed by atoms with E-state index in [0.29, 0.717) is 4.88 Å². The molecule has 0 spiro atoms. The summed E-state index contributed by atoms with van der Waals surface area (Å²) in [6, 6.07) is 1.49. The number of hydrogen-bond acceptors (Lipinski definition) is 2. The van der Waals surface area contributed by atoms with Crippen molar-refractivity contribution in [3.05, 3.63) is 21.4 Å². The Labute approximate surface area is 96.9 Å². The summed E-state index contributed by atoms with van der Waals surface area (Å²) in [5.74, 6) is -3.95. The van der Waals surface area contributed by atoms with Gasteiger partial charge in [0.1, 0.15) is 0 Å². The van der Waals surface area contributed by atoms with Crippen LogP contribution in [0.5, 0.6) is 0 Å². The maximum absolute atomic E-state index is 13.7. The van der Waals surface area contributed by atoms with Gasteiger partial charge in [-0.25, -0.2) is 8.78 Å². The molecule has 0 aliphatic rings. The van der Waals surface area contributed by atoms with E-state index in [-0.39, 0.29) is 18.4 Å². The number of carboxylic acids is 1. The summed E-state index contributed by atoms with van der Waals surface area (Å²) in [6.45, 7) is 3.45. The van der Waals surface area contributed by atoms with Crippen LogP contribution in [0.15, 0.2) is 6.07 Å². The molecule has 5 heteroatoms.